The Kier molecular flexibility index (Phi) is 2.78. The molecule has 2 aromatic rings. The zero-order chi connectivity index (χ0) is 9.80. The highest BCUT2D eigenvalue weighted by atomic mass is 32.1. The van der Waals surface area contributed by atoms with Crippen LogP contribution in [-0.2, 0) is 13.0 Å². The molecule has 0 saturated carbocycles. The first-order valence-corrected chi connectivity index (χ1v) is 5.34. The predicted molar refractivity (Wildman–Crippen MR) is 55.3 cm³/mol. The van der Waals surface area contributed by atoms with E-state index in [0.29, 0.717) is 6.54 Å². The standard InChI is InChI=1S/C9H11N3OS/c1-2-7-6-14-9(12-7)10-5-8-3-4-11-13-8/h3-4,6H,2,5H2,1H3,(H,10,12). The Labute approximate surface area is 86.0 Å². The molecule has 0 aliphatic carbocycles. The molecule has 1 N–H and O–H groups in total. The Bertz CT molecular complexity index is 382. The first-order valence-electron chi connectivity index (χ1n) is 4.46. The van der Waals surface area contributed by atoms with Crippen molar-refractivity contribution < 1.29 is 4.52 Å². The minimum atomic E-state index is 0.636. The van der Waals surface area contributed by atoms with Crippen molar-refractivity contribution in [2.45, 2.75) is 19.9 Å². The third-order valence-corrected chi connectivity index (χ3v) is 2.67. The van der Waals surface area contributed by atoms with Crippen LogP contribution in [0.1, 0.15) is 18.4 Å². The topological polar surface area (TPSA) is 51.0 Å². The van der Waals surface area contributed by atoms with Gasteiger partial charge in [-0.1, -0.05) is 12.1 Å². The van der Waals surface area contributed by atoms with Crippen molar-refractivity contribution in [3.05, 3.63) is 29.1 Å². The zero-order valence-electron chi connectivity index (χ0n) is 7.86. The summed E-state index contributed by atoms with van der Waals surface area (Å²) < 4.78 is 4.95. The second-order valence-electron chi connectivity index (χ2n) is 2.83. The largest absolute Gasteiger partial charge is 0.360 e. The Balaban J connectivity index is 1.92. The number of hydrogen-bond acceptors (Lipinski definition) is 5. The highest BCUT2D eigenvalue weighted by Crippen LogP contribution is 2.16. The molecular formula is C9H11N3OS. The lowest BCUT2D eigenvalue weighted by atomic mass is 10.4. The van der Waals surface area contributed by atoms with E-state index in [2.05, 4.69) is 27.8 Å². The van der Waals surface area contributed by atoms with Crippen LogP contribution in [0, 0.1) is 0 Å². The SMILES string of the molecule is CCc1csc(NCc2ccno2)n1. The fourth-order valence-corrected chi connectivity index (χ4v) is 1.84. The number of thiazole rings is 1. The number of hydrogen-bond donors (Lipinski definition) is 1. The van der Waals surface area contributed by atoms with Crippen molar-refractivity contribution in [3.8, 4) is 0 Å². The quantitative estimate of drug-likeness (QED) is 0.839. The smallest absolute Gasteiger partial charge is 0.183 e. The summed E-state index contributed by atoms with van der Waals surface area (Å²) in [6.07, 6.45) is 2.61. The van der Waals surface area contributed by atoms with Crippen molar-refractivity contribution in [1.29, 1.82) is 0 Å². The summed E-state index contributed by atoms with van der Waals surface area (Å²) in [7, 11) is 0. The van der Waals surface area contributed by atoms with Crippen LogP contribution in [0.3, 0.4) is 0 Å². The lowest BCUT2D eigenvalue weighted by molar-refractivity contribution is 0.388. The first kappa shape index (κ1) is 9.21. The van der Waals surface area contributed by atoms with Gasteiger partial charge < -0.3 is 9.84 Å². The monoisotopic (exact) mass is 209 g/mol. The van der Waals surface area contributed by atoms with Gasteiger partial charge in [0.25, 0.3) is 0 Å². The van der Waals surface area contributed by atoms with Crippen LogP contribution in [0.2, 0.25) is 0 Å². The molecule has 0 radical (unpaired) electrons. The maximum Gasteiger partial charge on any atom is 0.183 e. The Hall–Kier alpha value is -1.36. The molecule has 0 bridgehead atoms. The lowest BCUT2D eigenvalue weighted by Gasteiger charge is -1.96. The fraction of sp³-hybridized carbons (Fsp3) is 0.333. The van der Waals surface area contributed by atoms with Crippen molar-refractivity contribution in [1.82, 2.24) is 10.1 Å². The summed E-state index contributed by atoms with van der Waals surface area (Å²) in [5, 5.41) is 9.79. The van der Waals surface area contributed by atoms with Crippen LogP contribution in [0.15, 0.2) is 22.2 Å². The zero-order valence-corrected chi connectivity index (χ0v) is 8.67. The van der Waals surface area contributed by atoms with E-state index in [1.807, 2.05) is 6.07 Å². The number of aryl methyl sites for hydroxylation is 1. The molecule has 2 rings (SSSR count). The molecule has 0 fully saturated rings. The lowest BCUT2D eigenvalue weighted by Crippen LogP contribution is -1.97. The van der Waals surface area contributed by atoms with Gasteiger partial charge in [-0.15, -0.1) is 11.3 Å². The maximum atomic E-state index is 4.95. The summed E-state index contributed by atoms with van der Waals surface area (Å²) in [5.74, 6) is 0.818. The molecule has 0 amide bonds. The summed E-state index contributed by atoms with van der Waals surface area (Å²) in [4.78, 5) is 4.37. The van der Waals surface area contributed by atoms with Gasteiger partial charge in [0.15, 0.2) is 10.9 Å². The fourth-order valence-electron chi connectivity index (χ4n) is 1.05. The van der Waals surface area contributed by atoms with Crippen LogP contribution >= 0.6 is 11.3 Å². The van der Waals surface area contributed by atoms with Crippen LogP contribution in [-0.4, -0.2) is 10.1 Å². The first-order chi connectivity index (χ1) is 6.88. The molecule has 0 aromatic carbocycles. The van der Waals surface area contributed by atoms with Gasteiger partial charge in [0.1, 0.15) is 0 Å². The molecule has 4 nitrogen and oxygen atoms in total. The summed E-state index contributed by atoms with van der Waals surface area (Å²) >= 11 is 1.61. The predicted octanol–water partition coefficient (Wildman–Crippen LogP) is 2.31. The molecule has 0 aliphatic rings. The van der Waals surface area contributed by atoms with E-state index in [1.54, 1.807) is 17.5 Å². The molecule has 0 aliphatic heterocycles. The number of aromatic nitrogens is 2. The van der Waals surface area contributed by atoms with Gasteiger partial charge in [-0.3, -0.25) is 0 Å². The van der Waals surface area contributed by atoms with E-state index in [4.69, 9.17) is 4.52 Å². The van der Waals surface area contributed by atoms with Gasteiger partial charge >= 0.3 is 0 Å². The molecule has 2 aromatic heterocycles. The number of anilines is 1. The number of nitrogens with zero attached hydrogens (tertiary/aromatic N) is 2. The van der Waals surface area contributed by atoms with Crippen LogP contribution in [0.5, 0.6) is 0 Å². The second-order valence-corrected chi connectivity index (χ2v) is 3.69. The van der Waals surface area contributed by atoms with E-state index in [1.165, 1.54) is 0 Å². The highest BCUT2D eigenvalue weighted by molar-refractivity contribution is 7.13. The molecule has 5 heteroatoms. The van der Waals surface area contributed by atoms with Gasteiger partial charge in [-0.05, 0) is 6.42 Å². The summed E-state index contributed by atoms with van der Waals surface area (Å²) in [5.41, 5.74) is 1.12. The van der Waals surface area contributed by atoms with Crippen molar-refractivity contribution in [2.75, 3.05) is 5.32 Å². The molecule has 0 spiro atoms. The van der Waals surface area contributed by atoms with Crippen LogP contribution < -0.4 is 5.32 Å². The Morgan fingerprint density at radius 1 is 1.57 bits per heavy atom. The third-order valence-electron chi connectivity index (χ3n) is 1.82. The Morgan fingerprint density at radius 2 is 2.50 bits per heavy atom. The highest BCUT2D eigenvalue weighted by Gasteiger charge is 2.01. The maximum absolute atomic E-state index is 4.95. The van der Waals surface area contributed by atoms with Gasteiger partial charge in [-0.2, -0.15) is 0 Å². The average Bonchev–Trinajstić information content (AvgIpc) is 2.86. The molecule has 2 heterocycles. The molecule has 74 valence electrons. The van der Waals surface area contributed by atoms with Crippen LogP contribution in [0.25, 0.3) is 0 Å². The van der Waals surface area contributed by atoms with E-state index in [0.717, 1.165) is 23.0 Å². The minimum Gasteiger partial charge on any atom is -0.360 e. The number of rotatable bonds is 4. The number of nitrogens with one attached hydrogen (secondary N) is 1. The second kappa shape index (κ2) is 4.23. The van der Waals surface area contributed by atoms with E-state index in [-0.39, 0.29) is 0 Å². The van der Waals surface area contributed by atoms with E-state index >= 15 is 0 Å². The third kappa shape index (κ3) is 2.11. The van der Waals surface area contributed by atoms with E-state index in [9.17, 15) is 0 Å². The van der Waals surface area contributed by atoms with Crippen LogP contribution in [0.4, 0.5) is 5.13 Å². The molecule has 0 atom stereocenters. The van der Waals surface area contributed by atoms with Gasteiger partial charge in [0, 0.05) is 11.4 Å². The van der Waals surface area contributed by atoms with Crippen molar-refractivity contribution in [3.63, 3.8) is 0 Å². The molecular weight excluding hydrogens is 198 g/mol. The van der Waals surface area contributed by atoms with Gasteiger partial charge in [-0.25, -0.2) is 4.98 Å². The van der Waals surface area contributed by atoms with E-state index < -0.39 is 0 Å². The average molecular weight is 209 g/mol. The summed E-state index contributed by atoms with van der Waals surface area (Å²) in [6.45, 7) is 2.73. The van der Waals surface area contributed by atoms with Crippen molar-refractivity contribution >= 4 is 16.5 Å². The molecule has 0 saturated heterocycles. The van der Waals surface area contributed by atoms with Gasteiger partial charge in [0.2, 0.25) is 0 Å². The normalized spacial score (nSPS) is 10.4. The minimum absolute atomic E-state index is 0.636. The summed E-state index contributed by atoms with van der Waals surface area (Å²) in [6, 6.07) is 1.83. The van der Waals surface area contributed by atoms with Gasteiger partial charge in [0.05, 0.1) is 18.4 Å². The molecule has 14 heavy (non-hydrogen) atoms. The molecule has 0 unspecified atom stereocenters. The van der Waals surface area contributed by atoms with Crippen molar-refractivity contribution in [2.24, 2.45) is 0 Å². The Morgan fingerprint density at radius 3 is 3.14 bits per heavy atom.